The summed E-state index contributed by atoms with van der Waals surface area (Å²) >= 11 is 0. The third-order valence-corrected chi connectivity index (χ3v) is 9.38. The van der Waals surface area contributed by atoms with Crippen molar-refractivity contribution in [1.82, 2.24) is 9.13 Å². The third-order valence-electron chi connectivity index (χ3n) is 9.38. The van der Waals surface area contributed by atoms with E-state index in [1.54, 1.807) is 0 Å². The molecule has 4 nitrogen and oxygen atoms in total. The van der Waals surface area contributed by atoms with Crippen LogP contribution in [0.25, 0.3) is 86.9 Å². The highest BCUT2D eigenvalue weighted by molar-refractivity contribution is 6.11. The molecule has 0 amide bonds. The molecule has 0 spiro atoms. The summed E-state index contributed by atoms with van der Waals surface area (Å²) in [6, 6.07) is 54.3. The second-order valence-corrected chi connectivity index (χ2v) is 11.9. The molecule has 0 aliphatic rings. The number of fused-ring (bicyclic) bond motifs is 6. The SMILES string of the molecule is [C-]#[N+]c1ccc2c3ccccc3n(-c3ccc(-c4cccc([N+]#[C-])c4-c4ccccc4-n4c5ccccc5c5ccccc54)cc3)c2c1. The first-order chi connectivity index (χ1) is 23.7. The van der Waals surface area contributed by atoms with Gasteiger partial charge in [0.2, 0.25) is 0 Å². The minimum absolute atomic E-state index is 0.610. The van der Waals surface area contributed by atoms with E-state index in [1.807, 2.05) is 30.3 Å². The molecule has 0 N–H and O–H groups in total. The molecule has 0 radical (unpaired) electrons. The Kier molecular flexibility index (Phi) is 6.22. The van der Waals surface area contributed by atoms with Gasteiger partial charge in [0.15, 0.2) is 11.4 Å². The van der Waals surface area contributed by atoms with Gasteiger partial charge in [0.1, 0.15) is 0 Å². The molecule has 0 aliphatic carbocycles. The molecule has 0 aliphatic heterocycles. The Morgan fingerprint density at radius 1 is 0.417 bits per heavy atom. The highest BCUT2D eigenvalue weighted by Gasteiger charge is 2.20. The van der Waals surface area contributed by atoms with E-state index in [4.69, 9.17) is 13.1 Å². The summed E-state index contributed by atoms with van der Waals surface area (Å²) in [4.78, 5) is 7.74. The van der Waals surface area contributed by atoms with E-state index in [1.165, 1.54) is 10.8 Å². The molecular formula is C44H26N4. The molecule has 0 atom stereocenters. The highest BCUT2D eigenvalue weighted by Crippen LogP contribution is 2.44. The van der Waals surface area contributed by atoms with Crippen LogP contribution < -0.4 is 0 Å². The van der Waals surface area contributed by atoms with Crippen molar-refractivity contribution in [2.24, 2.45) is 0 Å². The summed E-state index contributed by atoms with van der Waals surface area (Å²) in [5, 5.41) is 4.68. The number of para-hydroxylation sites is 4. The first-order valence-corrected chi connectivity index (χ1v) is 15.8. The lowest BCUT2D eigenvalue weighted by Gasteiger charge is -2.18. The molecule has 4 heteroatoms. The van der Waals surface area contributed by atoms with Crippen LogP contribution in [0.2, 0.25) is 0 Å². The van der Waals surface area contributed by atoms with Crippen molar-refractivity contribution in [3.05, 3.63) is 181 Å². The normalized spacial score (nSPS) is 11.3. The maximum atomic E-state index is 8.21. The van der Waals surface area contributed by atoms with E-state index in [-0.39, 0.29) is 0 Å². The van der Waals surface area contributed by atoms with Crippen molar-refractivity contribution in [3.63, 3.8) is 0 Å². The van der Waals surface area contributed by atoms with Gasteiger partial charge in [0.05, 0.1) is 35.4 Å². The van der Waals surface area contributed by atoms with Crippen molar-refractivity contribution in [3.8, 4) is 33.6 Å². The number of aromatic nitrogens is 2. The average molecular weight is 611 g/mol. The number of hydrogen-bond acceptors (Lipinski definition) is 0. The van der Waals surface area contributed by atoms with Gasteiger partial charge in [-0.3, -0.25) is 0 Å². The van der Waals surface area contributed by atoms with Crippen LogP contribution in [-0.2, 0) is 0 Å². The Hall–Kier alpha value is -6.88. The third kappa shape index (κ3) is 4.07. The fraction of sp³-hybridized carbons (Fsp3) is 0. The van der Waals surface area contributed by atoms with Crippen molar-refractivity contribution in [1.29, 1.82) is 0 Å². The first-order valence-electron chi connectivity index (χ1n) is 15.8. The second-order valence-electron chi connectivity index (χ2n) is 11.9. The standard InChI is InChI=1S/C44H26N4/c1-45-30-24-27-36-35-14-3-7-18-39(35)47(43(36)28-30)31-25-22-29(23-26-31)32-16-11-17-38(46-2)44(32)37-15-6-10-21-42(37)48-40-19-8-4-12-33(40)34-13-5-9-20-41(34)48/h3-28H. The second kappa shape index (κ2) is 10.9. The fourth-order valence-electron chi connectivity index (χ4n) is 7.32. The van der Waals surface area contributed by atoms with Gasteiger partial charge in [0.25, 0.3) is 0 Å². The molecule has 9 rings (SSSR count). The quantitative estimate of drug-likeness (QED) is 0.177. The van der Waals surface area contributed by atoms with Crippen molar-refractivity contribution in [2.75, 3.05) is 0 Å². The van der Waals surface area contributed by atoms with Gasteiger partial charge >= 0.3 is 0 Å². The monoisotopic (exact) mass is 610 g/mol. The van der Waals surface area contributed by atoms with Gasteiger partial charge in [-0.05, 0) is 64.7 Å². The maximum absolute atomic E-state index is 8.21. The van der Waals surface area contributed by atoms with Crippen LogP contribution in [0.15, 0.2) is 158 Å². The van der Waals surface area contributed by atoms with Crippen molar-refractivity contribution >= 4 is 55.0 Å². The minimum Gasteiger partial charge on any atom is -0.311 e. The summed E-state index contributed by atoms with van der Waals surface area (Å²) in [5.74, 6) is 0. The van der Waals surface area contributed by atoms with E-state index in [9.17, 15) is 0 Å². The van der Waals surface area contributed by atoms with Crippen molar-refractivity contribution < 1.29 is 0 Å². The van der Waals surface area contributed by atoms with Crippen LogP contribution in [0.1, 0.15) is 0 Å². The summed E-state index contributed by atoms with van der Waals surface area (Å²) in [5.41, 5.74) is 11.6. The molecule has 0 saturated carbocycles. The maximum Gasteiger partial charge on any atom is 0.195 e. The zero-order valence-corrected chi connectivity index (χ0v) is 25.8. The molecule has 0 fully saturated rings. The Labute approximate surface area is 277 Å². The molecule has 0 unspecified atom stereocenters. The van der Waals surface area contributed by atoms with Crippen molar-refractivity contribution in [2.45, 2.75) is 0 Å². The van der Waals surface area contributed by atoms with Crippen LogP contribution in [0, 0.1) is 13.1 Å². The van der Waals surface area contributed by atoms with E-state index >= 15 is 0 Å². The number of benzene rings is 7. The van der Waals surface area contributed by atoms with Crippen LogP contribution in [-0.4, -0.2) is 9.13 Å². The average Bonchev–Trinajstić information content (AvgIpc) is 3.67. The Bertz CT molecular complexity index is 2750. The lowest BCUT2D eigenvalue weighted by molar-refractivity contribution is 1.18. The molecule has 7 aromatic carbocycles. The molecule has 2 aromatic heterocycles. The largest absolute Gasteiger partial charge is 0.311 e. The Morgan fingerprint density at radius 3 is 1.62 bits per heavy atom. The van der Waals surface area contributed by atoms with Gasteiger partial charge in [-0.25, -0.2) is 9.69 Å². The summed E-state index contributed by atoms with van der Waals surface area (Å²) in [7, 11) is 0. The summed E-state index contributed by atoms with van der Waals surface area (Å²) in [6.45, 7) is 15.8. The fourth-order valence-corrected chi connectivity index (χ4v) is 7.32. The van der Waals surface area contributed by atoms with E-state index in [0.29, 0.717) is 11.4 Å². The first kappa shape index (κ1) is 27.4. The van der Waals surface area contributed by atoms with Gasteiger partial charge in [-0.15, -0.1) is 0 Å². The predicted molar refractivity (Wildman–Crippen MR) is 199 cm³/mol. The zero-order valence-electron chi connectivity index (χ0n) is 25.8. The van der Waals surface area contributed by atoms with Crippen LogP contribution >= 0.6 is 0 Å². The predicted octanol–water partition coefficient (Wildman–Crippen LogP) is 12.3. The van der Waals surface area contributed by atoms with Gasteiger partial charge in [-0.1, -0.05) is 115 Å². The summed E-state index contributed by atoms with van der Waals surface area (Å²) in [6.07, 6.45) is 0. The number of rotatable bonds is 4. The van der Waals surface area contributed by atoms with Crippen LogP contribution in [0.3, 0.4) is 0 Å². The molecule has 0 saturated heterocycles. The molecular weight excluding hydrogens is 585 g/mol. The lowest BCUT2D eigenvalue weighted by atomic mass is 9.92. The molecule has 48 heavy (non-hydrogen) atoms. The number of nitrogens with zero attached hydrogens (tertiary/aromatic N) is 4. The zero-order chi connectivity index (χ0) is 32.2. The highest BCUT2D eigenvalue weighted by atomic mass is 15.0. The van der Waals surface area contributed by atoms with Gasteiger partial charge in [0, 0.05) is 32.7 Å². The van der Waals surface area contributed by atoms with Crippen LogP contribution in [0.5, 0.6) is 0 Å². The Morgan fingerprint density at radius 2 is 0.979 bits per heavy atom. The van der Waals surface area contributed by atoms with E-state index in [0.717, 1.165) is 66.5 Å². The lowest BCUT2D eigenvalue weighted by Crippen LogP contribution is -1.98. The smallest absolute Gasteiger partial charge is 0.195 e. The van der Waals surface area contributed by atoms with E-state index < -0.39 is 0 Å². The van der Waals surface area contributed by atoms with Crippen LogP contribution in [0.4, 0.5) is 11.4 Å². The number of hydrogen-bond donors (Lipinski definition) is 0. The molecule has 9 aromatic rings. The topological polar surface area (TPSA) is 18.6 Å². The molecule has 222 valence electrons. The van der Waals surface area contributed by atoms with Gasteiger partial charge < -0.3 is 9.13 Å². The van der Waals surface area contributed by atoms with Gasteiger partial charge in [-0.2, -0.15) is 0 Å². The minimum atomic E-state index is 0.610. The van der Waals surface area contributed by atoms with E-state index in [2.05, 4.69) is 146 Å². The molecule has 0 bridgehead atoms. The summed E-state index contributed by atoms with van der Waals surface area (Å²) < 4.78 is 4.56. The molecule has 2 heterocycles. The Balaban J connectivity index is 1.25.